The average molecular weight is 251 g/mol. The normalized spacial score (nSPS) is 10.2. The summed E-state index contributed by atoms with van der Waals surface area (Å²) >= 11 is 1.61. The number of hydrogen-bond donors (Lipinski definition) is 2. The molecule has 0 fully saturated rings. The largest absolute Gasteiger partial charge is 0.490 e. The molecule has 0 aliphatic rings. The summed E-state index contributed by atoms with van der Waals surface area (Å²) in [4.78, 5) is 12.3. The van der Waals surface area contributed by atoms with Gasteiger partial charge in [0.05, 0.1) is 24.4 Å². The highest BCUT2D eigenvalue weighted by molar-refractivity contribution is 7.09. The fraction of sp³-hybridized carbons (Fsp3) is 0.300. The summed E-state index contributed by atoms with van der Waals surface area (Å²) < 4.78 is 5.14. The third kappa shape index (κ3) is 2.62. The Morgan fingerprint density at radius 2 is 2.29 bits per heavy atom. The van der Waals surface area contributed by atoms with E-state index in [0.29, 0.717) is 23.9 Å². The second kappa shape index (κ2) is 4.96. The number of aromatic nitrogens is 3. The molecule has 90 valence electrons. The van der Waals surface area contributed by atoms with E-state index < -0.39 is 0 Å². The second-order valence-corrected chi connectivity index (χ2v) is 4.41. The SMILES string of the molecule is COc1c(N)ncnc1NCc1csc(C)n1. The van der Waals surface area contributed by atoms with Crippen LogP contribution in [0.1, 0.15) is 10.7 Å². The minimum Gasteiger partial charge on any atom is -0.490 e. The van der Waals surface area contributed by atoms with Crippen LogP contribution in [0.5, 0.6) is 5.75 Å². The minimum absolute atomic E-state index is 0.319. The quantitative estimate of drug-likeness (QED) is 0.855. The molecular formula is C10H13N5OS. The molecule has 7 heteroatoms. The summed E-state index contributed by atoms with van der Waals surface area (Å²) in [6.45, 7) is 2.55. The minimum atomic E-state index is 0.319. The Balaban J connectivity index is 2.11. The first kappa shape index (κ1) is 11.6. The van der Waals surface area contributed by atoms with Gasteiger partial charge in [-0.2, -0.15) is 0 Å². The lowest BCUT2D eigenvalue weighted by Crippen LogP contribution is -2.06. The first-order chi connectivity index (χ1) is 8.20. The molecule has 0 amide bonds. The number of ether oxygens (including phenoxy) is 1. The van der Waals surface area contributed by atoms with E-state index in [-0.39, 0.29) is 0 Å². The number of thiazole rings is 1. The van der Waals surface area contributed by atoms with Gasteiger partial charge in [-0.1, -0.05) is 0 Å². The molecule has 2 rings (SSSR count). The van der Waals surface area contributed by atoms with Gasteiger partial charge in [-0.3, -0.25) is 0 Å². The van der Waals surface area contributed by atoms with Crippen LogP contribution >= 0.6 is 11.3 Å². The van der Waals surface area contributed by atoms with E-state index in [4.69, 9.17) is 10.5 Å². The number of rotatable bonds is 4. The van der Waals surface area contributed by atoms with Crippen LogP contribution in [0, 0.1) is 6.92 Å². The summed E-state index contributed by atoms with van der Waals surface area (Å²) in [7, 11) is 1.53. The van der Waals surface area contributed by atoms with Crippen LogP contribution in [0.3, 0.4) is 0 Å². The second-order valence-electron chi connectivity index (χ2n) is 3.35. The summed E-state index contributed by atoms with van der Waals surface area (Å²) in [5, 5.41) is 6.16. The lowest BCUT2D eigenvalue weighted by Gasteiger charge is -2.09. The Morgan fingerprint density at radius 3 is 2.94 bits per heavy atom. The summed E-state index contributed by atoms with van der Waals surface area (Å²) in [6.07, 6.45) is 1.40. The Labute approximate surface area is 103 Å². The van der Waals surface area contributed by atoms with Gasteiger partial charge in [-0.15, -0.1) is 11.3 Å². The van der Waals surface area contributed by atoms with Gasteiger partial charge in [-0.05, 0) is 6.92 Å². The van der Waals surface area contributed by atoms with Crippen LogP contribution in [0.15, 0.2) is 11.7 Å². The number of anilines is 2. The molecule has 0 unspecified atom stereocenters. The summed E-state index contributed by atoms with van der Waals surface area (Å²) in [5.74, 6) is 1.35. The molecule has 0 bridgehead atoms. The fourth-order valence-corrected chi connectivity index (χ4v) is 1.99. The van der Waals surface area contributed by atoms with Crippen molar-refractivity contribution in [1.82, 2.24) is 15.0 Å². The summed E-state index contributed by atoms with van der Waals surface area (Å²) in [6, 6.07) is 0. The van der Waals surface area contributed by atoms with Gasteiger partial charge in [0.25, 0.3) is 0 Å². The van der Waals surface area contributed by atoms with Gasteiger partial charge in [0.1, 0.15) is 6.33 Å². The molecule has 6 nitrogen and oxygen atoms in total. The third-order valence-electron chi connectivity index (χ3n) is 2.14. The van der Waals surface area contributed by atoms with Crippen molar-refractivity contribution in [3.8, 4) is 5.75 Å². The fourth-order valence-electron chi connectivity index (χ4n) is 1.38. The van der Waals surface area contributed by atoms with Crippen molar-refractivity contribution in [3.05, 3.63) is 22.4 Å². The lowest BCUT2D eigenvalue weighted by molar-refractivity contribution is 0.415. The number of aryl methyl sites for hydroxylation is 1. The maximum absolute atomic E-state index is 5.68. The van der Waals surface area contributed by atoms with Gasteiger partial charge in [0, 0.05) is 5.38 Å². The standard InChI is InChI=1S/C10H13N5OS/c1-6-15-7(4-17-6)3-12-10-8(16-2)9(11)13-5-14-10/h4-5H,3H2,1-2H3,(H3,11,12,13,14). The highest BCUT2D eigenvalue weighted by Gasteiger charge is 2.09. The van der Waals surface area contributed by atoms with Crippen LogP contribution in [-0.2, 0) is 6.54 Å². The van der Waals surface area contributed by atoms with E-state index >= 15 is 0 Å². The van der Waals surface area contributed by atoms with Crippen molar-refractivity contribution in [3.63, 3.8) is 0 Å². The molecule has 0 atom stereocenters. The molecule has 0 aromatic carbocycles. The number of nitrogen functional groups attached to an aromatic ring is 1. The topological polar surface area (TPSA) is 86.0 Å². The predicted molar refractivity (Wildman–Crippen MR) is 67.2 cm³/mol. The van der Waals surface area contributed by atoms with Gasteiger partial charge >= 0.3 is 0 Å². The van der Waals surface area contributed by atoms with E-state index in [1.54, 1.807) is 11.3 Å². The number of nitrogens with one attached hydrogen (secondary N) is 1. The maximum Gasteiger partial charge on any atom is 0.203 e. The molecule has 2 aromatic heterocycles. The Hall–Kier alpha value is -1.89. The Morgan fingerprint density at radius 1 is 1.47 bits per heavy atom. The first-order valence-corrected chi connectivity index (χ1v) is 5.88. The lowest BCUT2D eigenvalue weighted by atomic mass is 10.4. The molecular weight excluding hydrogens is 238 g/mol. The molecule has 0 saturated carbocycles. The number of hydrogen-bond acceptors (Lipinski definition) is 7. The van der Waals surface area contributed by atoms with Crippen molar-refractivity contribution in [1.29, 1.82) is 0 Å². The van der Waals surface area contributed by atoms with E-state index in [1.807, 2.05) is 12.3 Å². The van der Waals surface area contributed by atoms with Gasteiger partial charge in [-0.25, -0.2) is 15.0 Å². The molecule has 17 heavy (non-hydrogen) atoms. The molecule has 2 heterocycles. The molecule has 3 N–H and O–H groups in total. The van der Waals surface area contributed by atoms with Gasteiger partial charge < -0.3 is 15.8 Å². The predicted octanol–water partition coefficient (Wildman–Crippen LogP) is 1.44. The van der Waals surface area contributed by atoms with Crippen LogP contribution < -0.4 is 15.8 Å². The maximum atomic E-state index is 5.68. The monoisotopic (exact) mass is 251 g/mol. The molecule has 0 spiro atoms. The van der Waals surface area contributed by atoms with E-state index in [1.165, 1.54) is 13.4 Å². The van der Waals surface area contributed by atoms with Crippen LogP contribution in [0.25, 0.3) is 0 Å². The molecule has 0 saturated heterocycles. The van der Waals surface area contributed by atoms with E-state index in [9.17, 15) is 0 Å². The van der Waals surface area contributed by atoms with Crippen LogP contribution in [0.2, 0.25) is 0 Å². The van der Waals surface area contributed by atoms with Crippen LogP contribution in [-0.4, -0.2) is 22.1 Å². The van der Waals surface area contributed by atoms with Crippen molar-refractivity contribution < 1.29 is 4.74 Å². The molecule has 2 aromatic rings. The van der Waals surface area contributed by atoms with Crippen molar-refractivity contribution in [2.24, 2.45) is 0 Å². The van der Waals surface area contributed by atoms with Crippen molar-refractivity contribution in [2.45, 2.75) is 13.5 Å². The van der Waals surface area contributed by atoms with Crippen LogP contribution in [0.4, 0.5) is 11.6 Å². The smallest absolute Gasteiger partial charge is 0.203 e. The van der Waals surface area contributed by atoms with Gasteiger partial charge in [0.2, 0.25) is 5.75 Å². The highest BCUT2D eigenvalue weighted by atomic mass is 32.1. The Kier molecular flexibility index (Phi) is 3.38. The van der Waals surface area contributed by atoms with Crippen molar-refractivity contribution >= 4 is 23.0 Å². The zero-order valence-electron chi connectivity index (χ0n) is 9.60. The average Bonchev–Trinajstić information content (AvgIpc) is 2.72. The zero-order valence-corrected chi connectivity index (χ0v) is 10.4. The zero-order chi connectivity index (χ0) is 12.3. The number of nitrogens with zero attached hydrogens (tertiary/aromatic N) is 3. The molecule has 0 aliphatic carbocycles. The Bertz CT molecular complexity index is 513. The molecule has 0 aliphatic heterocycles. The van der Waals surface area contributed by atoms with E-state index in [0.717, 1.165) is 10.7 Å². The third-order valence-corrected chi connectivity index (χ3v) is 2.96. The van der Waals surface area contributed by atoms with E-state index in [2.05, 4.69) is 20.3 Å². The molecule has 0 radical (unpaired) electrons. The number of methoxy groups -OCH3 is 1. The number of nitrogens with two attached hydrogens (primary N) is 1. The van der Waals surface area contributed by atoms with Gasteiger partial charge in [0.15, 0.2) is 11.6 Å². The highest BCUT2D eigenvalue weighted by Crippen LogP contribution is 2.26. The summed E-state index contributed by atoms with van der Waals surface area (Å²) in [5.41, 5.74) is 6.64. The first-order valence-electron chi connectivity index (χ1n) is 5.00. The van der Waals surface area contributed by atoms with Crippen molar-refractivity contribution in [2.75, 3.05) is 18.2 Å².